The third kappa shape index (κ3) is 3.98. The number of guanidine groups is 1. The standard InChI is InChI=1S/C16H25N3/c1-13(2)8-7-11-19-14(3)12-17-16(19)18-15-9-5-4-6-10-15/h4-6,9-10,13-14H,7-8,11-12H2,1-3H3,(H,17,18)/t14-/m0/s1. The number of aliphatic imine (C=N–C) groups is 1. The maximum Gasteiger partial charge on any atom is 0.198 e. The molecule has 0 saturated heterocycles. The summed E-state index contributed by atoms with van der Waals surface area (Å²) < 4.78 is 0. The minimum atomic E-state index is 0.512. The van der Waals surface area contributed by atoms with Crippen LogP contribution in [0.1, 0.15) is 33.6 Å². The lowest BCUT2D eigenvalue weighted by atomic mass is 10.1. The molecule has 0 spiro atoms. The molecule has 0 saturated carbocycles. The van der Waals surface area contributed by atoms with Crippen LogP contribution in [-0.4, -0.2) is 30.0 Å². The Hall–Kier alpha value is -1.51. The minimum Gasteiger partial charge on any atom is -0.338 e. The molecule has 104 valence electrons. The maximum atomic E-state index is 4.62. The predicted octanol–water partition coefficient (Wildman–Crippen LogP) is 3.59. The molecule has 1 aromatic rings. The van der Waals surface area contributed by atoms with E-state index in [9.17, 15) is 0 Å². The fourth-order valence-electron chi connectivity index (χ4n) is 2.37. The number of hydrogen-bond acceptors (Lipinski definition) is 3. The first-order chi connectivity index (χ1) is 9.16. The fraction of sp³-hybridized carbons (Fsp3) is 0.562. The minimum absolute atomic E-state index is 0.512. The highest BCUT2D eigenvalue weighted by atomic mass is 15.4. The Morgan fingerprint density at radius 2 is 2.05 bits per heavy atom. The van der Waals surface area contributed by atoms with E-state index in [4.69, 9.17) is 0 Å². The molecule has 0 fully saturated rings. The Morgan fingerprint density at radius 1 is 1.32 bits per heavy atom. The van der Waals surface area contributed by atoms with Gasteiger partial charge in [0.2, 0.25) is 0 Å². The van der Waals surface area contributed by atoms with Gasteiger partial charge in [-0.15, -0.1) is 0 Å². The molecule has 1 aromatic carbocycles. The molecule has 0 radical (unpaired) electrons. The van der Waals surface area contributed by atoms with Gasteiger partial charge in [0.25, 0.3) is 0 Å². The molecule has 19 heavy (non-hydrogen) atoms. The highest BCUT2D eigenvalue weighted by molar-refractivity contribution is 5.94. The monoisotopic (exact) mass is 259 g/mol. The Morgan fingerprint density at radius 3 is 2.74 bits per heavy atom. The average molecular weight is 259 g/mol. The molecular formula is C16H25N3. The van der Waals surface area contributed by atoms with Gasteiger partial charge < -0.3 is 10.2 Å². The summed E-state index contributed by atoms with van der Waals surface area (Å²) in [5.74, 6) is 1.81. The van der Waals surface area contributed by atoms with Crippen LogP contribution < -0.4 is 5.32 Å². The molecule has 1 heterocycles. The van der Waals surface area contributed by atoms with Crippen LogP contribution in [-0.2, 0) is 0 Å². The van der Waals surface area contributed by atoms with E-state index in [1.54, 1.807) is 0 Å². The van der Waals surface area contributed by atoms with Crippen LogP contribution in [0.4, 0.5) is 5.69 Å². The van der Waals surface area contributed by atoms with Gasteiger partial charge in [-0.3, -0.25) is 4.99 Å². The Kier molecular flexibility index (Phi) is 4.83. The lowest BCUT2D eigenvalue weighted by Crippen LogP contribution is -2.39. The summed E-state index contributed by atoms with van der Waals surface area (Å²) in [6.07, 6.45) is 2.51. The molecule has 1 atom stereocenters. The Labute approximate surface area is 116 Å². The number of anilines is 1. The normalized spacial score (nSPS) is 18.8. The van der Waals surface area contributed by atoms with E-state index in [1.807, 2.05) is 18.2 Å². The van der Waals surface area contributed by atoms with Gasteiger partial charge in [0, 0.05) is 18.3 Å². The van der Waals surface area contributed by atoms with Crippen molar-refractivity contribution in [3.63, 3.8) is 0 Å². The number of benzene rings is 1. The van der Waals surface area contributed by atoms with Crippen LogP contribution in [0.15, 0.2) is 35.3 Å². The summed E-state index contributed by atoms with van der Waals surface area (Å²) in [7, 11) is 0. The van der Waals surface area contributed by atoms with E-state index < -0.39 is 0 Å². The first-order valence-electron chi connectivity index (χ1n) is 7.30. The molecule has 0 bridgehead atoms. The van der Waals surface area contributed by atoms with Crippen molar-refractivity contribution < 1.29 is 0 Å². The van der Waals surface area contributed by atoms with E-state index in [1.165, 1.54) is 12.8 Å². The second-order valence-corrected chi connectivity index (χ2v) is 5.73. The summed E-state index contributed by atoms with van der Waals surface area (Å²) in [5, 5.41) is 3.44. The summed E-state index contributed by atoms with van der Waals surface area (Å²) in [4.78, 5) is 7.02. The lowest BCUT2D eigenvalue weighted by Gasteiger charge is -2.26. The molecule has 2 rings (SSSR count). The first kappa shape index (κ1) is 13.9. The quantitative estimate of drug-likeness (QED) is 0.875. The highest BCUT2D eigenvalue weighted by Gasteiger charge is 2.23. The Bertz CT molecular complexity index is 411. The number of para-hydroxylation sites is 1. The van der Waals surface area contributed by atoms with Gasteiger partial charge in [0.15, 0.2) is 5.96 Å². The summed E-state index contributed by atoms with van der Waals surface area (Å²) in [6, 6.07) is 10.8. The van der Waals surface area contributed by atoms with Gasteiger partial charge in [0.1, 0.15) is 0 Å². The predicted molar refractivity (Wildman–Crippen MR) is 82.6 cm³/mol. The van der Waals surface area contributed by atoms with Crippen molar-refractivity contribution in [2.24, 2.45) is 10.9 Å². The number of nitrogens with zero attached hydrogens (tertiary/aromatic N) is 2. The first-order valence-corrected chi connectivity index (χ1v) is 7.30. The van der Waals surface area contributed by atoms with Crippen LogP contribution in [0.5, 0.6) is 0 Å². The topological polar surface area (TPSA) is 27.6 Å². The highest BCUT2D eigenvalue weighted by Crippen LogP contribution is 2.15. The molecule has 1 N–H and O–H groups in total. The van der Waals surface area contributed by atoms with Gasteiger partial charge in [-0.1, -0.05) is 32.0 Å². The molecular weight excluding hydrogens is 234 g/mol. The molecule has 3 heteroatoms. The summed E-state index contributed by atoms with van der Waals surface area (Å²) in [5.41, 5.74) is 1.12. The number of nitrogens with one attached hydrogen (secondary N) is 1. The van der Waals surface area contributed by atoms with Gasteiger partial charge in [-0.05, 0) is 37.8 Å². The average Bonchev–Trinajstić information content (AvgIpc) is 2.72. The van der Waals surface area contributed by atoms with Crippen LogP contribution in [0, 0.1) is 5.92 Å². The van der Waals surface area contributed by atoms with Crippen molar-refractivity contribution in [1.29, 1.82) is 0 Å². The van der Waals surface area contributed by atoms with Crippen LogP contribution >= 0.6 is 0 Å². The van der Waals surface area contributed by atoms with Crippen molar-refractivity contribution >= 4 is 11.6 Å². The van der Waals surface area contributed by atoms with Crippen molar-refractivity contribution in [1.82, 2.24) is 4.90 Å². The molecule has 0 amide bonds. The second kappa shape index (κ2) is 6.60. The van der Waals surface area contributed by atoms with Crippen molar-refractivity contribution in [3.05, 3.63) is 30.3 Å². The number of rotatable bonds is 5. The maximum absolute atomic E-state index is 4.62. The molecule has 1 aliphatic rings. The largest absolute Gasteiger partial charge is 0.338 e. The van der Waals surface area contributed by atoms with Gasteiger partial charge in [0.05, 0.1) is 6.54 Å². The third-order valence-corrected chi connectivity index (χ3v) is 3.52. The van der Waals surface area contributed by atoms with E-state index in [0.29, 0.717) is 6.04 Å². The number of hydrogen-bond donors (Lipinski definition) is 1. The van der Waals surface area contributed by atoms with Gasteiger partial charge >= 0.3 is 0 Å². The summed E-state index contributed by atoms with van der Waals surface area (Å²) >= 11 is 0. The summed E-state index contributed by atoms with van der Waals surface area (Å²) in [6.45, 7) is 8.81. The fourth-order valence-corrected chi connectivity index (χ4v) is 2.37. The zero-order chi connectivity index (χ0) is 13.7. The zero-order valence-corrected chi connectivity index (χ0v) is 12.3. The van der Waals surface area contributed by atoms with E-state index >= 15 is 0 Å². The molecule has 3 nitrogen and oxygen atoms in total. The zero-order valence-electron chi connectivity index (χ0n) is 12.3. The van der Waals surface area contributed by atoms with E-state index in [-0.39, 0.29) is 0 Å². The molecule has 0 aromatic heterocycles. The van der Waals surface area contributed by atoms with Crippen LogP contribution in [0.3, 0.4) is 0 Å². The van der Waals surface area contributed by atoms with Crippen molar-refractivity contribution in [2.75, 3.05) is 18.4 Å². The van der Waals surface area contributed by atoms with Crippen molar-refractivity contribution in [2.45, 2.75) is 39.7 Å². The Balaban J connectivity index is 1.91. The van der Waals surface area contributed by atoms with Crippen molar-refractivity contribution in [3.8, 4) is 0 Å². The third-order valence-electron chi connectivity index (χ3n) is 3.52. The lowest BCUT2D eigenvalue weighted by molar-refractivity contribution is 0.343. The van der Waals surface area contributed by atoms with E-state index in [0.717, 1.165) is 30.7 Å². The smallest absolute Gasteiger partial charge is 0.198 e. The molecule has 0 unspecified atom stereocenters. The van der Waals surface area contributed by atoms with Crippen LogP contribution in [0.25, 0.3) is 0 Å². The molecule has 0 aliphatic carbocycles. The SMILES string of the molecule is CC(C)CCCN1C(Nc2ccccc2)=NC[C@@H]1C. The molecule has 1 aliphatic heterocycles. The van der Waals surface area contributed by atoms with Gasteiger partial charge in [-0.2, -0.15) is 0 Å². The second-order valence-electron chi connectivity index (χ2n) is 5.73. The van der Waals surface area contributed by atoms with E-state index in [2.05, 4.69) is 48.1 Å². The van der Waals surface area contributed by atoms with Gasteiger partial charge in [-0.25, -0.2) is 0 Å². The van der Waals surface area contributed by atoms with Crippen LogP contribution in [0.2, 0.25) is 0 Å².